The van der Waals surface area contributed by atoms with Gasteiger partial charge in [-0.15, -0.1) is 0 Å². The van der Waals surface area contributed by atoms with Crippen LogP contribution in [0.2, 0.25) is 0 Å². The van der Waals surface area contributed by atoms with Crippen molar-refractivity contribution in [2.24, 2.45) is 0 Å². The summed E-state index contributed by atoms with van der Waals surface area (Å²) in [6, 6.07) is 0. The van der Waals surface area contributed by atoms with E-state index in [2.05, 4.69) is 10.3 Å². The Bertz CT molecular complexity index is 409. The molecule has 0 saturated heterocycles. The second kappa shape index (κ2) is 4.34. The maximum Gasteiger partial charge on any atom is 0.328 e. The molecule has 88 valence electrons. The quantitative estimate of drug-likeness (QED) is 0.780. The van der Waals surface area contributed by atoms with E-state index < -0.39 is 17.4 Å². The van der Waals surface area contributed by atoms with Gasteiger partial charge in [-0.3, -0.25) is 4.79 Å². The Balaban J connectivity index is 2.58. The highest BCUT2D eigenvalue weighted by Crippen LogP contribution is 2.05. The number of nitrogens with zero attached hydrogens (tertiary/aromatic N) is 1. The number of aromatic nitrogens is 1. The molecule has 0 saturated carbocycles. The van der Waals surface area contributed by atoms with Crippen molar-refractivity contribution < 1.29 is 19.1 Å². The Morgan fingerprint density at radius 3 is 2.62 bits per heavy atom. The summed E-state index contributed by atoms with van der Waals surface area (Å²) in [5.74, 6) is -1.02. The van der Waals surface area contributed by atoms with Crippen LogP contribution in [0.25, 0.3) is 0 Å². The molecule has 1 amide bonds. The molecule has 2 N–H and O–H groups in total. The fourth-order valence-corrected chi connectivity index (χ4v) is 1.10. The lowest BCUT2D eigenvalue weighted by Crippen LogP contribution is -2.50. The van der Waals surface area contributed by atoms with Crippen molar-refractivity contribution in [2.75, 3.05) is 0 Å². The molecule has 0 spiro atoms. The molecule has 0 aliphatic heterocycles. The van der Waals surface area contributed by atoms with Crippen molar-refractivity contribution in [2.45, 2.75) is 32.7 Å². The molecule has 16 heavy (non-hydrogen) atoms. The van der Waals surface area contributed by atoms with Crippen LogP contribution in [0.15, 0.2) is 10.7 Å². The molecule has 0 atom stereocenters. The fraction of sp³-hybridized carbons (Fsp3) is 0.500. The van der Waals surface area contributed by atoms with E-state index in [9.17, 15) is 9.59 Å². The Kier molecular flexibility index (Phi) is 3.31. The van der Waals surface area contributed by atoms with Crippen molar-refractivity contribution in [3.8, 4) is 0 Å². The summed E-state index contributed by atoms with van der Waals surface area (Å²) in [6.45, 7) is 4.51. The first-order chi connectivity index (χ1) is 7.31. The smallest absolute Gasteiger partial charge is 0.328 e. The number of rotatable bonds is 4. The number of aryl methyl sites for hydroxylation is 1. The van der Waals surface area contributed by atoms with E-state index in [1.165, 1.54) is 20.1 Å². The summed E-state index contributed by atoms with van der Waals surface area (Å²) in [5, 5.41) is 11.2. The molecule has 0 aromatic carbocycles. The van der Waals surface area contributed by atoms with Gasteiger partial charge in [0, 0.05) is 6.92 Å². The van der Waals surface area contributed by atoms with Gasteiger partial charge in [0.1, 0.15) is 11.8 Å². The number of carbonyl (C=O) groups excluding carboxylic acids is 1. The van der Waals surface area contributed by atoms with Crippen LogP contribution in [-0.2, 0) is 16.0 Å². The van der Waals surface area contributed by atoms with Crippen molar-refractivity contribution in [1.29, 1.82) is 0 Å². The van der Waals surface area contributed by atoms with Gasteiger partial charge in [-0.2, -0.15) is 0 Å². The van der Waals surface area contributed by atoms with Gasteiger partial charge in [0.25, 0.3) is 0 Å². The molecule has 1 heterocycles. The predicted molar refractivity (Wildman–Crippen MR) is 54.8 cm³/mol. The van der Waals surface area contributed by atoms with E-state index in [-0.39, 0.29) is 6.42 Å². The maximum atomic E-state index is 11.5. The van der Waals surface area contributed by atoms with Gasteiger partial charge in [-0.25, -0.2) is 9.78 Å². The zero-order valence-electron chi connectivity index (χ0n) is 9.40. The Hall–Kier alpha value is -1.85. The lowest BCUT2D eigenvalue weighted by Gasteiger charge is -2.20. The van der Waals surface area contributed by atoms with Gasteiger partial charge < -0.3 is 14.8 Å². The van der Waals surface area contributed by atoms with Crippen molar-refractivity contribution in [1.82, 2.24) is 10.3 Å². The standard InChI is InChI=1S/C10H14N2O4/c1-6-11-7(5-16-6)4-8(13)12-10(2,3)9(14)15/h5H,4H2,1-3H3,(H,12,13)(H,14,15). The molecule has 1 aromatic heterocycles. The fourth-order valence-electron chi connectivity index (χ4n) is 1.10. The molecular formula is C10H14N2O4. The Morgan fingerprint density at radius 1 is 1.56 bits per heavy atom. The maximum absolute atomic E-state index is 11.5. The Labute approximate surface area is 92.7 Å². The first-order valence-corrected chi connectivity index (χ1v) is 4.76. The van der Waals surface area contributed by atoms with Crippen LogP contribution in [0.5, 0.6) is 0 Å². The number of hydrogen-bond donors (Lipinski definition) is 2. The molecule has 1 aromatic rings. The first kappa shape index (κ1) is 12.2. The second-order valence-electron chi connectivity index (χ2n) is 4.01. The highest BCUT2D eigenvalue weighted by Gasteiger charge is 2.28. The summed E-state index contributed by atoms with van der Waals surface area (Å²) >= 11 is 0. The minimum atomic E-state index is -1.28. The van der Waals surface area contributed by atoms with E-state index >= 15 is 0 Å². The minimum absolute atomic E-state index is 0.00799. The van der Waals surface area contributed by atoms with E-state index in [1.807, 2.05) is 0 Å². The topological polar surface area (TPSA) is 92.4 Å². The lowest BCUT2D eigenvalue weighted by atomic mass is 10.1. The third-order valence-corrected chi connectivity index (χ3v) is 1.99. The monoisotopic (exact) mass is 226 g/mol. The van der Waals surface area contributed by atoms with Crippen LogP contribution in [0, 0.1) is 6.92 Å². The molecule has 0 aliphatic carbocycles. The predicted octanol–water partition coefficient (Wildman–Crippen LogP) is 0.505. The van der Waals surface area contributed by atoms with E-state index in [4.69, 9.17) is 9.52 Å². The molecule has 0 aliphatic rings. The van der Waals surface area contributed by atoms with E-state index in [1.54, 1.807) is 6.92 Å². The summed E-state index contributed by atoms with van der Waals surface area (Å²) < 4.78 is 4.94. The average molecular weight is 226 g/mol. The van der Waals surface area contributed by atoms with Gasteiger partial charge >= 0.3 is 5.97 Å². The van der Waals surface area contributed by atoms with Crippen LogP contribution < -0.4 is 5.32 Å². The minimum Gasteiger partial charge on any atom is -0.480 e. The van der Waals surface area contributed by atoms with Crippen LogP contribution in [0.3, 0.4) is 0 Å². The number of hydrogen-bond acceptors (Lipinski definition) is 4. The third kappa shape index (κ3) is 3.08. The highest BCUT2D eigenvalue weighted by atomic mass is 16.4. The Morgan fingerprint density at radius 2 is 2.19 bits per heavy atom. The van der Waals surface area contributed by atoms with Gasteiger partial charge in [0.15, 0.2) is 5.89 Å². The van der Waals surface area contributed by atoms with Crippen LogP contribution >= 0.6 is 0 Å². The molecule has 0 radical (unpaired) electrons. The summed E-state index contributed by atoms with van der Waals surface area (Å²) in [4.78, 5) is 26.2. The number of carboxylic acid groups (broad SMARTS) is 1. The van der Waals surface area contributed by atoms with Crippen LogP contribution in [0.1, 0.15) is 25.4 Å². The number of nitrogens with one attached hydrogen (secondary N) is 1. The van der Waals surface area contributed by atoms with Gasteiger partial charge in [-0.05, 0) is 13.8 Å². The lowest BCUT2D eigenvalue weighted by molar-refractivity contribution is -0.145. The SMILES string of the molecule is Cc1nc(CC(=O)NC(C)(C)C(=O)O)co1. The molecule has 6 nitrogen and oxygen atoms in total. The largest absolute Gasteiger partial charge is 0.480 e. The number of oxazole rings is 1. The number of aliphatic carboxylic acids is 1. The number of amides is 1. The molecular weight excluding hydrogens is 212 g/mol. The van der Waals surface area contributed by atoms with Crippen molar-refractivity contribution in [3.05, 3.63) is 17.8 Å². The first-order valence-electron chi connectivity index (χ1n) is 4.76. The second-order valence-corrected chi connectivity index (χ2v) is 4.01. The molecule has 0 fully saturated rings. The van der Waals surface area contributed by atoms with Crippen LogP contribution in [0.4, 0.5) is 0 Å². The zero-order chi connectivity index (χ0) is 12.3. The van der Waals surface area contributed by atoms with Gasteiger partial charge in [0.2, 0.25) is 5.91 Å². The highest BCUT2D eigenvalue weighted by molar-refractivity contribution is 5.87. The summed E-state index contributed by atoms with van der Waals surface area (Å²) in [6.07, 6.45) is 1.39. The van der Waals surface area contributed by atoms with Gasteiger partial charge in [-0.1, -0.05) is 0 Å². The molecule has 1 rings (SSSR count). The summed E-state index contributed by atoms with van der Waals surface area (Å²) in [7, 11) is 0. The molecule has 6 heteroatoms. The van der Waals surface area contributed by atoms with E-state index in [0.29, 0.717) is 11.6 Å². The normalized spacial score (nSPS) is 11.2. The average Bonchev–Trinajstić information content (AvgIpc) is 2.49. The summed E-state index contributed by atoms with van der Waals surface area (Å²) in [5.41, 5.74) is -0.799. The number of carboxylic acids is 1. The van der Waals surface area contributed by atoms with E-state index in [0.717, 1.165) is 0 Å². The number of carbonyl (C=O) groups is 2. The zero-order valence-corrected chi connectivity index (χ0v) is 9.40. The molecule has 0 unspecified atom stereocenters. The van der Waals surface area contributed by atoms with Crippen molar-refractivity contribution >= 4 is 11.9 Å². The van der Waals surface area contributed by atoms with Crippen LogP contribution in [-0.4, -0.2) is 27.5 Å². The molecule has 0 bridgehead atoms. The van der Waals surface area contributed by atoms with Crippen molar-refractivity contribution in [3.63, 3.8) is 0 Å². The third-order valence-electron chi connectivity index (χ3n) is 1.99. The van der Waals surface area contributed by atoms with Gasteiger partial charge in [0.05, 0.1) is 12.1 Å².